The van der Waals surface area contributed by atoms with Crippen molar-refractivity contribution in [1.29, 1.82) is 0 Å². The molecule has 2 aliphatic carbocycles. The summed E-state index contributed by atoms with van der Waals surface area (Å²) in [4.78, 5) is 2.38. The molecule has 0 atom stereocenters. The Labute approximate surface area is 629 Å². The van der Waals surface area contributed by atoms with Gasteiger partial charge in [-0.05, 0) is 235 Å². The molecule has 19 aromatic rings. The molecule has 504 valence electrons. The summed E-state index contributed by atoms with van der Waals surface area (Å²) in [6.45, 7) is 0. The molecule has 2 nitrogen and oxygen atoms in total. The second-order valence-corrected chi connectivity index (χ2v) is 28.9. The highest BCUT2D eigenvalue weighted by molar-refractivity contribution is 6.22. The summed E-state index contributed by atoms with van der Waals surface area (Å²) >= 11 is 0. The van der Waals surface area contributed by atoms with Gasteiger partial charge in [0.1, 0.15) is 0 Å². The minimum Gasteiger partial charge on any atom is -0.311 e. The Morgan fingerprint density at radius 2 is 0.491 bits per heavy atom. The van der Waals surface area contributed by atoms with Gasteiger partial charge in [0.15, 0.2) is 0 Å². The molecular formula is C106H70N2. The Morgan fingerprint density at radius 3 is 0.944 bits per heavy atom. The van der Waals surface area contributed by atoms with Crippen LogP contribution in [0.25, 0.3) is 127 Å². The van der Waals surface area contributed by atoms with Crippen molar-refractivity contribution in [2.45, 2.75) is 10.8 Å². The molecular weight excluding hydrogens is 1300 g/mol. The van der Waals surface area contributed by atoms with Crippen LogP contribution in [0.1, 0.15) is 44.5 Å². The number of hydrogen-bond acceptors (Lipinski definition) is 1. The second kappa shape index (κ2) is 25.5. The fourth-order valence-electron chi connectivity index (χ4n) is 18.7. The number of aromatic nitrogens is 1. The van der Waals surface area contributed by atoms with Gasteiger partial charge in [0.25, 0.3) is 0 Å². The van der Waals surface area contributed by atoms with E-state index < -0.39 is 10.8 Å². The molecule has 1 heterocycles. The molecule has 0 fully saturated rings. The van der Waals surface area contributed by atoms with E-state index in [0.29, 0.717) is 0 Å². The minimum absolute atomic E-state index is 0.531. The zero-order valence-corrected chi connectivity index (χ0v) is 59.3. The number of hydrogen-bond donors (Lipinski definition) is 0. The van der Waals surface area contributed by atoms with Crippen molar-refractivity contribution >= 4 is 60.4 Å². The highest BCUT2D eigenvalue weighted by Gasteiger charge is 2.48. The number of rotatable bonds is 13. The van der Waals surface area contributed by atoms with Gasteiger partial charge in [0.05, 0.1) is 21.9 Å². The van der Waals surface area contributed by atoms with Crippen LogP contribution in [0.2, 0.25) is 0 Å². The predicted octanol–water partition coefficient (Wildman–Crippen LogP) is 27.6. The Morgan fingerprint density at radius 1 is 0.185 bits per heavy atom. The third-order valence-corrected chi connectivity index (χ3v) is 23.3. The van der Waals surface area contributed by atoms with E-state index >= 15 is 0 Å². The Kier molecular flexibility index (Phi) is 14.8. The molecule has 0 bridgehead atoms. The zero-order chi connectivity index (χ0) is 71.3. The first-order valence-electron chi connectivity index (χ1n) is 37.5. The highest BCUT2D eigenvalue weighted by Crippen LogP contribution is 2.59. The molecule has 0 aliphatic heterocycles. The topological polar surface area (TPSA) is 8.17 Å². The first kappa shape index (κ1) is 62.6. The van der Waals surface area contributed by atoms with Gasteiger partial charge in [-0.15, -0.1) is 0 Å². The van der Waals surface area contributed by atoms with Crippen LogP contribution in [0.15, 0.2) is 425 Å². The largest absolute Gasteiger partial charge is 0.311 e. The highest BCUT2D eigenvalue weighted by atomic mass is 15.1. The summed E-state index contributed by atoms with van der Waals surface area (Å²) < 4.78 is 2.48. The van der Waals surface area contributed by atoms with Gasteiger partial charge >= 0.3 is 0 Å². The average molecular weight is 1370 g/mol. The summed E-state index contributed by atoms with van der Waals surface area (Å²) in [6, 6.07) is 158. The van der Waals surface area contributed by atoms with Crippen LogP contribution < -0.4 is 4.90 Å². The lowest BCUT2D eigenvalue weighted by Gasteiger charge is -2.34. The van der Waals surface area contributed by atoms with Gasteiger partial charge in [0.2, 0.25) is 0 Å². The molecule has 2 heteroatoms. The molecule has 0 radical (unpaired) electrons. The standard InChI is InChI=1S/C106H70N2/c1-8-28-72(29-9-1)103-91-44-22-23-45-92(91)104(73-30-10-2-11-31-73)96-68-74(52-63-93(96)103)71-48-55-84(56-49-71)107(83-40-20-7-21-41-83)85-57-59-86(60-58-85)108-101-64-53-75(77-50-61-89-87-42-24-26-46-97(87)105(99(89)69-77,79-32-12-3-13-33-79)80-34-14-4-15-35-80)66-94(101)95-67-76(54-65-102(95)108)78-51-62-90-88-43-25-27-47-98(88)106(100(90)70-78,81-36-16-5-17-37-81)82-38-18-6-19-39-82/h1-70H. The van der Waals surface area contributed by atoms with E-state index in [1.54, 1.807) is 0 Å². The molecule has 0 N–H and O–H groups in total. The van der Waals surface area contributed by atoms with E-state index in [2.05, 4.69) is 434 Å². The van der Waals surface area contributed by atoms with Crippen LogP contribution in [0, 0.1) is 0 Å². The maximum atomic E-state index is 2.49. The molecule has 18 aromatic carbocycles. The van der Waals surface area contributed by atoms with Crippen molar-refractivity contribution in [1.82, 2.24) is 4.57 Å². The lowest BCUT2D eigenvalue weighted by atomic mass is 9.67. The summed E-state index contributed by atoms with van der Waals surface area (Å²) in [5, 5.41) is 7.33. The van der Waals surface area contributed by atoms with E-state index in [0.717, 1.165) is 50.5 Å². The van der Waals surface area contributed by atoms with Crippen molar-refractivity contribution in [3.05, 3.63) is 469 Å². The lowest BCUT2D eigenvalue weighted by molar-refractivity contribution is 0.769. The van der Waals surface area contributed by atoms with Crippen LogP contribution >= 0.6 is 0 Å². The Hall–Kier alpha value is -13.9. The molecule has 0 amide bonds. The van der Waals surface area contributed by atoms with Gasteiger partial charge in [-0.2, -0.15) is 0 Å². The van der Waals surface area contributed by atoms with E-state index in [4.69, 9.17) is 0 Å². The van der Waals surface area contributed by atoms with Crippen molar-refractivity contribution in [3.63, 3.8) is 0 Å². The minimum atomic E-state index is -0.531. The summed E-state index contributed by atoms with van der Waals surface area (Å²) in [6.07, 6.45) is 0. The van der Waals surface area contributed by atoms with E-state index in [-0.39, 0.29) is 0 Å². The van der Waals surface area contributed by atoms with Gasteiger partial charge < -0.3 is 9.47 Å². The maximum absolute atomic E-state index is 2.49. The predicted molar refractivity (Wildman–Crippen MR) is 452 cm³/mol. The maximum Gasteiger partial charge on any atom is 0.0713 e. The van der Waals surface area contributed by atoms with E-state index in [1.165, 1.54) is 138 Å². The quantitative estimate of drug-likeness (QED) is 0.104. The molecule has 1 aromatic heterocycles. The number of anilines is 3. The second-order valence-electron chi connectivity index (χ2n) is 28.9. The number of benzene rings is 18. The number of nitrogens with zero attached hydrogens (tertiary/aromatic N) is 2. The molecule has 0 saturated heterocycles. The molecule has 0 saturated carbocycles. The molecule has 0 unspecified atom stereocenters. The molecule has 108 heavy (non-hydrogen) atoms. The van der Waals surface area contributed by atoms with Gasteiger partial charge in [0, 0.05) is 33.5 Å². The lowest BCUT2D eigenvalue weighted by Crippen LogP contribution is -2.28. The Bertz CT molecular complexity index is 6350. The SMILES string of the molecule is c1ccc(-c2c3ccccc3c(-c3ccccc3)c3cc(-c4ccc(N(c5ccccc5)c5ccc(-n6c7ccc(-c8ccc9c(c8)C(c8ccccc8)(c8ccccc8)c8ccccc8-9)cc7c7cc(-c8ccc9c(c8)C(c8ccccc8)(c8ccccc8)c8ccccc8-9)ccc76)cc5)cc4)ccc23)cc1. The van der Waals surface area contributed by atoms with Crippen LogP contribution in [-0.4, -0.2) is 4.57 Å². The summed E-state index contributed by atoms with van der Waals surface area (Å²) in [7, 11) is 0. The van der Waals surface area contributed by atoms with Crippen molar-refractivity contribution in [3.8, 4) is 83.6 Å². The number of para-hydroxylation sites is 1. The summed E-state index contributed by atoms with van der Waals surface area (Å²) in [5.74, 6) is 0. The first-order chi connectivity index (χ1) is 53.6. The van der Waals surface area contributed by atoms with Gasteiger partial charge in [-0.25, -0.2) is 0 Å². The normalized spacial score (nSPS) is 13.0. The number of fused-ring (bicyclic) bond motifs is 11. The van der Waals surface area contributed by atoms with E-state index in [1.807, 2.05) is 0 Å². The summed E-state index contributed by atoms with van der Waals surface area (Å²) in [5.41, 5.74) is 32.7. The van der Waals surface area contributed by atoms with Crippen molar-refractivity contribution in [2.75, 3.05) is 4.90 Å². The van der Waals surface area contributed by atoms with Crippen LogP contribution in [-0.2, 0) is 10.8 Å². The molecule has 0 spiro atoms. The monoisotopic (exact) mass is 1370 g/mol. The Balaban J connectivity index is 0.707. The fraction of sp³-hybridized carbons (Fsp3) is 0.0189. The van der Waals surface area contributed by atoms with Crippen molar-refractivity contribution < 1.29 is 0 Å². The molecule has 2 aliphatic rings. The first-order valence-corrected chi connectivity index (χ1v) is 37.5. The fourth-order valence-corrected chi connectivity index (χ4v) is 18.7. The smallest absolute Gasteiger partial charge is 0.0713 e. The van der Waals surface area contributed by atoms with Gasteiger partial charge in [-0.1, -0.05) is 334 Å². The van der Waals surface area contributed by atoms with Crippen LogP contribution in [0.5, 0.6) is 0 Å². The third kappa shape index (κ3) is 9.74. The van der Waals surface area contributed by atoms with E-state index in [9.17, 15) is 0 Å². The van der Waals surface area contributed by atoms with Crippen molar-refractivity contribution in [2.24, 2.45) is 0 Å². The van der Waals surface area contributed by atoms with Crippen LogP contribution in [0.4, 0.5) is 17.1 Å². The zero-order valence-electron chi connectivity index (χ0n) is 59.3. The average Bonchev–Trinajstić information content (AvgIpc) is 1.55. The third-order valence-electron chi connectivity index (χ3n) is 23.3. The van der Waals surface area contributed by atoms with Gasteiger partial charge in [-0.3, -0.25) is 0 Å². The van der Waals surface area contributed by atoms with Crippen LogP contribution in [0.3, 0.4) is 0 Å². The molecule has 21 rings (SSSR count).